The molecule has 2 heterocycles. The van der Waals surface area contributed by atoms with E-state index in [4.69, 9.17) is 4.74 Å². The predicted molar refractivity (Wildman–Crippen MR) is 70.3 cm³/mol. The first-order valence-electron chi connectivity index (χ1n) is 7.42. The third-order valence-electron chi connectivity index (χ3n) is 6.37. The van der Waals surface area contributed by atoms with Gasteiger partial charge in [-0.05, 0) is 32.1 Å². The quantitative estimate of drug-likeness (QED) is 0.674. The topological polar surface area (TPSA) is 69.9 Å². The molecular formula is C15H26O4. The summed E-state index contributed by atoms with van der Waals surface area (Å²) >= 11 is 0. The van der Waals surface area contributed by atoms with E-state index >= 15 is 0 Å². The van der Waals surface area contributed by atoms with Crippen molar-refractivity contribution in [3.8, 4) is 0 Å². The van der Waals surface area contributed by atoms with Crippen LogP contribution in [-0.4, -0.2) is 38.4 Å². The average molecular weight is 270 g/mol. The average Bonchev–Trinajstić information content (AvgIpc) is 2.69. The molecule has 0 radical (unpaired) electrons. The van der Waals surface area contributed by atoms with Crippen LogP contribution in [0, 0.1) is 17.3 Å². The van der Waals surface area contributed by atoms with Crippen LogP contribution in [0.4, 0.5) is 0 Å². The highest BCUT2D eigenvalue weighted by Gasteiger charge is 2.75. The highest BCUT2D eigenvalue weighted by Crippen LogP contribution is 2.68. The first-order valence-corrected chi connectivity index (χ1v) is 7.42. The summed E-state index contributed by atoms with van der Waals surface area (Å²) in [6.45, 7) is 7.79. The van der Waals surface area contributed by atoms with Crippen molar-refractivity contribution in [2.75, 3.05) is 0 Å². The van der Waals surface area contributed by atoms with Crippen LogP contribution in [0.15, 0.2) is 0 Å². The van der Waals surface area contributed by atoms with Crippen LogP contribution in [0.25, 0.3) is 0 Å². The summed E-state index contributed by atoms with van der Waals surface area (Å²) in [6, 6.07) is 0. The molecule has 6 atom stereocenters. The lowest BCUT2D eigenvalue weighted by Crippen LogP contribution is -2.54. The molecular weight excluding hydrogens is 244 g/mol. The van der Waals surface area contributed by atoms with Gasteiger partial charge in [0.1, 0.15) is 0 Å². The summed E-state index contributed by atoms with van der Waals surface area (Å²) in [5, 5.41) is 32.6. The van der Waals surface area contributed by atoms with Crippen molar-refractivity contribution in [2.45, 2.75) is 76.5 Å². The lowest BCUT2D eigenvalue weighted by atomic mass is 9.67. The number of rotatable bonds is 1. The second kappa shape index (κ2) is 3.53. The fourth-order valence-corrected chi connectivity index (χ4v) is 4.81. The zero-order valence-corrected chi connectivity index (χ0v) is 12.3. The van der Waals surface area contributed by atoms with E-state index in [9.17, 15) is 15.3 Å². The minimum atomic E-state index is -1.19. The molecule has 19 heavy (non-hydrogen) atoms. The van der Waals surface area contributed by atoms with Crippen LogP contribution in [0.1, 0.15) is 53.4 Å². The van der Waals surface area contributed by atoms with Crippen molar-refractivity contribution >= 4 is 0 Å². The Kier molecular flexibility index (Phi) is 2.57. The third-order valence-corrected chi connectivity index (χ3v) is 6.37. The van der Waals surface area contributed by atoms with Crippen LogP contribution in [0.3, 0.4) is 0 Å². The van der Waals surface area contributed by atoms with Crippen molar-refractivity contribution in [2.24, 2.45) is 17.3 Å². The Labute approximate surface area is 114 Å². The van der Waals surface area contributed by atoms with Crippen LogP contribution in [0.5, 0.6) is 0 Å². The van der Waals surface area contributed by atoms with E-state index in [1.165, 1.54) is 0 Å². The summed E-state index contributed by atoms with van der Waals surface area (Å²) in [5.74, 6) is -1.31. The molecule has 0 amide bonds. The Morgan fingerprint density at radius 3 is 2.21 bits per heavy atom. The number of ether oxygens (including phenoxy) is 1. The minimum Gasteiger partial charge on any atom is -0.389 e. The van der Waals surface area contributed by atoms with Crippen molar-refractivity contribution in [1.82, 2.24) is 0 Å². The van der Waals surface area contributed by atoms with Gasteiger partial charge in [-0.2, -0.15) is 0 Å². The van der Waals surface area contributed by atoms with E-state index in [1.807, 2.05) is 20.8 Å². The Bertz CT molecular complexity index is 407. The van der Waals surface area contributed by atoms with E-state index in [1.54, 1.807) is 6.92 Å². The minimum absolute atomic E-state index is 0.0849. The van der Waals surface area contributed by atoms with Gasteiger partial charge in [0.15, 0.2) is 5.79 Å². The monoisotopic (exact) mass is 270 g/mol. The molecule has 0 unspecified atom stereocenters. The third kappa shape index (κ3) is 1.44. The Morgan fingerprint density at radius 1 is 1.00 bits per heavy atom. The summed E-state index contributed by atoms with van der Waals surface area (Å²) in [7, 11) is 0. The first-order chi connectivity index (χ1) is 8.57. The predicted octanol–water partition coefficient (Wildman–Crippen LogP) is 1.42. The lowest BCUT2D eigenvalue weighted by molar-refractivity contribution is -0.290. The Morgan fingerprint density at radius 2 is 1.63 bits per heavy atom. The zero-order valence-electron chi connectivity index (χ0n) is 12.3. The summed E-state index contributed by atoms with van der Waals surface area (Å²) in [6.07, 6.45) is 1.90. The van der Waals surface area contributed by atoms with E-state index in [-0.39, 0.29) is 11.8 Å². The molecule has 3 rings (SSSR count). The Hall–Kier alpha value is -0.160. The van der Waals surface area contributed by atoms with Gasteiger partial charge in [0, 0.05) is 17.8 Å². The molecule has 0 spiro atoms. The lowest BCUT2D eigenvalue weighted by Gasteiger charge is -2.43. The van der Waals surface area contributed by atoms with Crippen molar-refractivity contribution in [1.29, 1.82) is 0 Å². The molecule has 110 valence electrons. The molecule has 0 aromatic heterocycles. The molecule has 4 heteroatoms. The maximum atomic E-state index is 11.1. The molecule has 1 aliphatic carbocycles. The molecule has 2 saturated heterocycles. The van der Waals surface area contributed by atoms with Crippen molar-refractivity contribution in [3.63, 3.8) is 0 Å². The van der Waals surface area contributed by atoms with Gasteiger partial charge >= 0.3 is 0 Å². The molecule has 1 saturated carbocycles. The molecule has 0 aromatic carbocycles. The first kappa shape index (κ1) is 13.8. The second-order valence-corrected chi connectivity index (χ2v) is 7.72. The highest BCUT2D eigenvalue weighted by molar-refractivity contribution is 5.21. The molecule has 3 fully saturated rings. The SMILES string of the molecule is CC(C)[C@@]1(O)CC[C@@]2(C)[C@@H]1[C@H]1O[C@]2(O)CC[C@@]1(C)O. The number of hydrogen-bond donors (Lipinski definition) is 3. The molecule has 2 bridgehead atoms. The number of aliphatic hydroxyl groups is 3. The Balaban J connectivity index is 2.12. The molecule has 3 aliphatic rings. The summed E-state index contributed by atoms with van der Waals surface area (Å²) in [4.78, 5) is 0. The van der Waals surface area contributed by atoms with Gasteiger partial charge in [0.25, 0.3) is 0 Å². The number of fused-ring (bicyclic) bond motifs is 5. The van der Waals surface area contributed by atoms with Gasteiger partial charge in [-0.25, -0.2) is 0 Å². The van der Waals surface area contributed by atoms with Gasteiger partial charge < -0.3 is 20.1 Å². The summed E-state index contributed by atoms with van der Waals surface area (Å²) < 4.78 is 5.86. The van der Waals surface area contributed by atoms with Gasteiger partial charge in [0.2, 0.25) is 0 Å². The van der Waals surface area contributed by atoms with Crippen LogP contribution in [0.2, 0.25) is 0 Å². The standard InChI is InChI=1S/C15H26O4/c1-9(2)14(17)7-5-12(3)10(14)11-13(4,16)6-8-15(12,18)19-11/h9-11,16-18H,5-8H2,1-4H3/t10-,11+,12-,13+,14-,15+/m0/s1. The maximum Gasteiger partial charge on any atom is 0.171 e. The van der Waals surface area contributed by atoms with Gasteiger partial charge in [0.05, 0.1) is 17.3 Å². The van der Waals surface area contributed by atoms with Crippen molar-refractivity contribution < 1.29 is 20.1 Å². The highest BCUT2D eigenvalue weighted by atomic mass is 16.7. The second-order valence-electron chi connectivity index (χ2n) is 7.72. The van der Waals surface area contributed by atoms with E-state index in [0.717, 1.165) is 6.42 Å². The maximum absolute atomic E-state index is 11.1. The van der Waals surface area contributed by atoms with Gasteiger partial charge in [-0.3, -0.25) is 0 Å². The van der Waals surface area contributed by atoms with Gasteiger partial charge in [-0.1, -0.05) is 20.8 Å². The largest absolute Gasteiger partial charge is 0.389 e. The zero-order chi connectivity index (χ0) is 14.3. The fourth-order valence-electron chi connectivity index (χ4n) is 4.81. The molecule has 0 aromatic rings. The molecule has 3 N–H and O–H groups in total. The number of hydrogen-bond acceptors (Lipinski definition) is 4. The van der Waals surface area contributed by atoms with Crippen molar-refractivity contribution in [3.05, 3.63) is 0 Å². The molecule has 4 nitrogen and oxygen atoms in total. The van der Waals surface area contributed by atoms with E-state index in [2.05, 4.69) is 0 Å². The van der Waals surface area contributed by atoms with E-state index in [0.29, 0.717) is 19.3 Å². The van der Waals surface area contributed by atoms with Crippen LogP contribution < -0.4 is 0 Å². The summed E-state index contributed by atoms with van der Waals surface area (Å²) in [5.41, 5.74) is -2.29. The van der Waals surface area contributed by atoms with Crippen LogP contribution >= 0.6 is 0 Å². The smallest absolute Gasteiger partial charge is 0.171 e. The van der Waals surface area contributed by atoms with Crippen LogP contribution in [-0.2, 0) is 4.74 Å². The normalized spacial score (nSPS) is 60.6. The van der Waals surface area contributed by atoms with Gasteiger partial charge in [-0.15, -0.1) is 0 Å². The fraction of sp³-hybridized carbons (Fsp3) is 1.00. The molecule has 2 aliphatic heterocycles. The van der Waals surface area contributed by atoms with E-state index < -0.39 is 28.5 Å².